The van der Waals surface area contributed by atoms with Crippen LogP contribution in [0.4, 0.5) is 5.69 Å². The summed E-state index contributed by atoms with van der Waals surface area (Å²) in [5, 5.41) is 10.3. The highest BCUT2D eigenvalue weighted by Gasteiger charge is 2.20. The molecule has 6 rings (SSSR count). The van der Waals surface area contributed by atoms with Crippen molar-refractivity contribution < 1.29 is 0 Å². The Morgan fingerprint density at radius 3 is 2.55 bits per heavy atom. The third-order valence-electron chi connectivity index (χ3n) is 6.15. The highest BCUT2D eigenvalue weighted by atomic mass is 16.1. The van der Waals surface area contributed by atoms with Gasteiger partial charge in [0.25, 0.3) is 0 Å². The van der Waals surface area contributed by atoms with Crippen molar-refractivity contribution >= 4 is 28.5 Å². The lowest BCUT2D eigenvalue weighted by molar-refractivity contribution is 0.977. The normalized spacial score (nSPS) is 12.6. The minimum Gasteiger partial charge on any atom is -0.353 e. The Balaban J connectivity index is 1.46. The molecule has 8 heteroatoms. The first-order chi connectivity index (χ1) is 16.0. The van der Waals surface area contributed by atoms with Gasteiger partial charge in [0.2, 0.25) is 0 Å². The van der Waals surface area contributed by atoms with Crippen molar-refractivity contribution in [2.24, 2.45) is 0 Å². The summed E-state index contributed by atoms with van der Waals surface area (Å²) in [6.45, 7) is 6.09. The molecule has 0 unspecified atom stereocenters. The zero-order chi connectivity index (χ0) is 22.7. The van der Waals surface area contributed by atoms with Gasteiger partial charge in [0.15, 0.2) is 5.82 Å². The third-order valence-corrected chi connectivity index (χ3v) is 6.15. The van der Waals surface area contributed by atoms with E-state index in [9.17, 15) is 4.79 Å². The number of aryl methyl sites for hydroxylation is 3. The predicted octanol–water partition coefficient (Wildman–Crippen LogP) is 4.14. The van der Waals surface area contributed by atoms with Crippen molar-refractivity contribution in [1.29, 1.82) is 0 Å². The molecule has 0 amide bonds. The van der Waals surface area contributed by atoms with Gasteiger partial charge in [0.05, 0.1) is 23.1 Å². The average molecular weight is 435 g/mol. The van der Waals surface area contributed by atoms with Crippen LogP contribution in [0.1, 0.15) is 28.3 Å². The van der Waals surface area contributed by atoms with E-state index in [0.717, 1.165) is 56.3 Å². The topological polar surface area (TPSA) is 93.4 Å². The Morgan fingerprint density at radius 2 is 1.73 bits per heavy atom. The summed E-state index contributed by atoms with van der Waals surface area (Å²) in [4.78, 5) is 21.3. The molecule has 3 aromatic heterocycles. The van der Waals surface area contributed by atoms with E-state index in [-0.39, 0.29) is 5.69 Å². The minimum absolute atomic E-state index is 0.263. The second kappa shape index (κ2) is 7.03. The molecule has 4 heterocycles. The maximum atomic E-state index is 12.5. The van der Waals surface area contributed by atoms with Crippen LogP contribution in [0.3, 0.4) is 0 Å². The molecule has 1 aliphatic rings. The van der Waals surface area contributed by atoms with E-state index in [2.05, 4.69) is 67.3 Å². The summed E-state index contributed by atoms with van der Waals surface area (Å²) in [5.41, 5.74) is 8.38. The van der Waals surface area contributed by atoms with E-state index in [1.165, 1.54) is 0 Å². The van der Waals surface area contributed by atoms with Crippen LogP contribution in [0.15, 0.2) is 59.7 Å². The molecule has 0 fully saturated rings. The first-order valence-corrected chi connectivity index (χ1v) is 10.7. The van der Waals surface area contributed by atoms with Crippen LogP contribution >= 0.6 is 0 Å². The van der Waals surface area contributed by atoms with Crippen molar-refractivity contribution in [1.82, 2.24) is 29.3 Å². The van der Waals surface area contributed by atoms with Gasteiger partial charge in [-0.1, -0.05) is 12.1 Å². The summed E-state index contributed by atoms with van der Waals surface area (Å²) < 4.78 is 3.72. The van der Waals surface area contributed by atoms with E-state index < -0.39 is 0 Å². The molecule has 0 saturated heterocycles. The lowest BCUT2D eigenvalue weighted by atomic mass is 10.1. The number of nitrogens with zero attached hydrogens (tertiary/aromatic N) is 5. The summed E-state index contributed by atoms with van der Waals surface area (Å²) >= 11 is 0. The molecule has 0 radical (unpaired) electrons. The number of aromatic nitrogens is 6. The van der Waals surface area contributed by atoms with Gasteiger partial charge >= 0.3 is 5.69 Å². The molecule has 0 bridgehead atoms. The van der Waals surface area contributed by atoms with Crippen LogP contribution in [0.2, 0.25) is 0 Å². The first kappa shape index (κ1) is 19.2. The SMILES string of the molecule is Cc1cc2c(cc1C)-n1c(n[nH]c1=O)C=C(c1ccc(-n3c(C)nc4cnccc43)cc1)N2. The third kappa shape index (κ3) is 2.99. The minimum atomic E-state index is -0.263. The maximum absolute atomic E-state index is 12.5. The molecular formula is C25H21N7O. The molecule has 2 aromatic carbocycles. The molecule has 2 N–H and O–H groups in total. The van der Waals surface area contributed by atoms with Crippen LogP contribution < -0.4 is 11.0 Å². The van der Waals surface area contributed by atoms with Gasteiger partial charge in [-0.2, -0.15) is 5.10 Å². The van der Waals surface area contributed by atoms with E-state index in [0.29, 0.717) is 5.82 Å². The van der Waals surface area contributed by atoms with Crippen molar-refractivity contribution in [3.63, 3.8) is 0 Å². The molecular weight excluding hydrogens is 414 g/mol. The molecule has 5 aromatic rings. The van der Waals surface area contributed by atoms with Gasteiger partial charge in [0.1, 0.15) is 11.3 Å². The Labute approximate surface area is 189 Å². The monoisotopic (exact) mass is 435 g/mol. The average Bonchev–Trinajstić information content (AvgIpc) is 3.29. The van der Waals surface area contributed by atoms with Crippen molar-refractivity contribution in [2.45, 2.75) is 20.8 Å². The quantitative estimate of drug-likeness (QED) is 0.435. The number of hydrogen-bond acceptors (Lipinski definition) is 5. The largest absolute Gasteiger partial charge is 0.353 e. The fourth-order valence-corrected chi connectivity index (χ4v) is 4.36. The Morgan fingerprint density at radius 1 is 0.939 bits per heavy atom. The number of hydrogen-bond donors (Lipinski definition) is 2. The van der Waals surface area contributed by atoms with E-state index in [1.807, 2.05) is 32.1 Å². The fourth-order valence-electron chi connectivity index (χ4n) is 4.36. The molecule has 0 saturated carbocycles. The molecule has 0 spiro atoms. The Hall–Kier alpha value is -4.46. The van der Waals surface area contributed by atoms with Crippen LogP contribution in [-0.4, -0.2) is 29.3 Å². The number of H-pyrrole nitrogens is 1. The van der Waals surface area contributed by atoms with Crippen molar-refractivity contribution in [3.8, 4) is 11.4 Å². The number of nitrogens with one attached hydrogen (secondary N) is 2. The lowest BCUT2D eigenvalue weighted by Gasteiger charge is -2.15. The molecule has 0 atom stereocenters. The van der Waals surface area contributed by atoms with Gasteiger partial charge in [0, 0.05) is 23.7 Å². The number of fused-ring (bicyclic) bond motifs is 4. The summed E-state index contributed by atoms with van der Waals surface area (Å²) in [6.07, 6.45) is 5.44. The van der Waals surface area contributed by atoms with E-state index in [4.69, 9.17) is 0 Å². The second-order valence-corrected chi connectivity index (χ2v) is 8.26. The van der Waals surface area contributed by atoms with E-state index >= 15 is 0 Å². The molecule has 33 heavy (non-hydrogen) atoms. The highest BCUT2D eigenvalue weighted by Crippen LogP contribution is 2.32. The van der Waals surface area contributed by atoms with Gasteiger partial charge in [-0.15, -0.1) is 0 Å². The predicted molar refractivity (Wildman–Crippen MR) is 129 cm³/mol. The van der Waals surface area contributed by atoms with Gasteiger partial charge in [-0.3, -0.25) is 9.55 Å². The molecule has 1 aliphatic heterocycles. The van der Waals surface area contributed by atoms with Gasteiger partial charge in [-0.05, 0) is 67.8 Å². The van der Waals surface area contributed by atoms with Crippen molar-refractivity contribution in [3.05, 3.63) is 93.7 Å². The zero-order valence-electron chi connectivity index (χ0n) is 18.4. The zero-order valence-corrected chi connectivity index (χ0v) is 18.4. The fraction of sp³-hybridized carbons (Fsp3) is 0.120. The first-order valence-electron chi connectivity index (χ1n) is 10.7. The Kier molecular flexibility index (Phi) is 4.10. The van der Waals surface area contributed by atoms with Crippen LogP contribution in [0.5, 0.6) is 0 Å². The number of benzene rings is 2. The van der Waals surface area contributed by atoms with E-state index in [1.54, 1.807) is 17.0 Å². The number of imidazole rings is 1. The summed E-state index contributed by atoms with van der Waals surface area (Å²) in [7, 11) is 0. The second-order valence-electron chi connectivity index (χ2n) is 8.26. The molecule has 162 valence electrons. The van der Waals surface area contributed by atoms with Crippen molar-refractivity contribution in [2.75, 3.05) is 5.32 Å². The maximum Gasteiger partial charge on any atom is 0.348 e. The summed E-state index contributed by atoms with van der Waals surface area (Å²) in [5.74, 6) is 1.45. The number of aromatic amines is 1. The standard InChI is InChI=1S/C25H21N7O/c1-14-10-20-23(11-15(14)2)32-24(29-30-25(32)33)12-19(28-20)17-4-6-18(7-5-17)31-16(3)27-21-13-26-9-8-22(21)31/h4-13,28H,1-3H3,(H,30,33). The number of anilines is 1. The number of pyridine rings is 1. The van der Waals surface area contributed by atoms with Crippen LogP contribution in [0.25, 0.3) is 34.2 Å². The molecule has 8 nitrogen and oxygen atoms in total. The molecule has 0 aliphatic carbocycles. The van der Waals surface area contributed by atoms with Gasteiger partial charge in [-0.25, -0.2) is 19.4 Å². The van der Waals surface area contributed by atoms with Crippen LogP contribution in [0, 0.1) is 20.8 Å². The smallest absolute Gasteiger partial charge is 0.348 e. The van der Waals surface area contributed by atoms with Gasteiger partial charge < -0.3 is 5.32 Å². The summed E-state index contributed by atoms with van der Waals surface area (Å²) in [6, 6.07) is 14.3. The number of rotatable bonds is 2. The van der Waals surface area contributed by atoms with Crippen LogP contribution in [-0.2, 0) is 0 Å². The lowest BCUT2D eigenvalue weighted by Crippen LogP contribution is -2.16. The highest BCUT2D eigenvalue weighted by molar-refractivity contribution is 5.91. The Bertz CT molecular complexity index is 1630.